The van der Waals surface area contributed by atoms with E-state index in [9.17, 15) is 14.4 Å². The lowest BCUT2D eigenvalue weighted by atomic mass is 9.90. The Labute approximate surface area is 171 Å². The van der Waals surface area contributed by atoms with Gasteiger partial charge in [-0.05, 0) is 37.1 Å². The fraction of sp³-hybridized carbons (Fsp3) is 0.389. The summed E-state index contributed by atoms with van der Waals surface area (Å²) in [4.78, 5) is 38.6. The summed E-state index contributed by atoms with van der Waals surface area (Å²) in [5, 5.41) is 13.8. The smallest absolute Gasteiger partial charge is 0.325 e. The summed E-state index contributed by atoms with van der Waals surface area (Å²) in [6, 6.07) is 4.58. The topological polar surface area (TPSA) is 123 Å². The van der Waals surface area contributed by atoms with E-state index in [0.29, 0.717) is 16.3 Å². The predicted molar refractivity (Wildman–Crippen MR) is 105 cm³/mol. The van der Waals surface area contributed by atoms with Gasteiger partial charge in [-0.1, -0.05) is 17.4 Å². The average molecular weight is 419 g/mol. The SMILES string of the molecule is COCc1nnc(NC(=O)CN2C(=O)NC(C)(c3ccc(OC)c(C)c3)C2=O)s1. The van der Waals surface area contributed by atoms with Gasteiger partial charge in [0.05, 0.1) is 7.11 Å². The molecule has 1 aromatic carbocycles. The van der Waals surface area contributed by atoms with E-state index in [1.165, 1.54) is 7.11 Å². The Morgan fingerprint density at radius 3 is 2.72 bits per heavy atom. The summed E-state index contributed by atoms with van der Waals surface area (Å²) in [6.45, 7) is 3.29. The number of carbonyl (C=O) groups excluding carboxylic acids is 3. The number of amides is 4. The van der Waals surface area contributed by atoms with Crippen LogP contribution < -0.4 is 15.4 Å². The molecule has 1 fully saturated rings. The molecule has 0 saturated carbocycles. The van der Waals surface area contributed by atoms with Crippen molar-refractivity contribution in [3.05, 3.63) is 34.3 Å². The Morgan fingerprint density at radius 2 is 2.07 bits per heavy atom. The summed E-state index contributed by atoms with van der Waals surface area (Å²) in [5.41, 5.74) is 0.154. The second-order valence-electron chi connectivity index (χ2n) is 6.61. The number of hydrogen-bond acceptors (Lipinski definition) is 8. The number of aromatic nitrogens is 2. The van der Waals surface area contributed by atoms with Crippen molar-refractivity contribution in [2.24, 2.45) is 0 Å². The van der Waals surface area contributed by atoms with E-state index >= 15 is 0 Å². The molecule has 1 atom stereocenters. The number of anilines is 1. The minimum absolute atomic E-state index is 0.266. The molecule has 2 aromatic rings. The van der Waals surface area contributed by atoms with Crippen LogP contribution >= 0.6 is 11.3 Å². The zero-order valence-electron chi connectivity index (χ0n) is 16.4. The molecule has 1 unspecified atom stereocenters. The van der Waals surface area contributed by atoms with Crippen molar-refractivity contribution in [1.82, 2.24) is 20.4 Å². The Balaban J connectivity index is 1.72. The molecular formula is C18H21N5O5S. The Bertz CT molecular complexity index is 962. The largest absolute Gasteiger partial charge is 0.496 e. The summed E-state index contributed by atoms with van der Waals surface area (Å²) < 4.78 is 10.2. The number of rotatable bonds is 7. The number of nitrogens with one attached hydrogen (secondary N) is 2. The molecule has 4 amide bonds. The molecule has 0 radical (unpaired) electrons. The van der Waals surface area contributed by atoms with E-state index in [1.807, 2.05) is 6.92 Å². The fourth-order valence-corrected chi connectivity index (χ4v) is 3.74. The van der Waals surface area contributed by atoms with Crippen LogP contribution in [0.2, 0.25) is 0 Å². The number of hydrogen-bond donors (Lipinski definition) is 2. The van der Waals surface area contributed by atoms with Crippen molar-refractivity contribution in [1.29, 1.82) is 0 Å². The maximum Gasteiger partial charge on any atom is 0.325 e. The van der Waals surface area contributed by atoms with Crippen molar-refractivity contribution >= 4 is 34.3 Å². The normalized spacial score (nSPS) is 18.7. The second-order valence-corrected chi connectivity index (χ2v) is 7.68. The predicted octanol–water partition coefficient (Wildman–Crippen LogP) is 1.41. The molecule has 11 heteroatoms. The van der Waals surface area contributed by atoms with Crippen LogP contribution in [0.25, 0.3) is 0 Å². The Morgan fingerprint density at radius 1 is 1.31 bits per heavy atom. The fourth-order valence-electron chi connectivity index (χ4n) is 3.01. The van der Waals surface area contributed by atoms with Crippen LogP contribution in [0.3, 0.4) is 0 Å². The first kappa shape index (κ1) is 20.7. The van der Waals surface area contributed by atoms with Gasteiger partial charge in [0.15, 0.2) is 0 Å². The van der Waals surface area contributed by atoms with E-state index in [0.717, 1.165) is 21.8 Å². The van der Waals surface area contributed by atoms with Crippen molar-refractivity contribution < 1.29 is 23.9 Å². The number of aryl methyl sites for hydroxylation is 1. The van der Waals surface area contributed by atoms with Crippen molar-refractivity contribution in [2.45, 2.75) is 26.0 Å². The lowest BCUT2D eigenvalue weighted by Gasteiger charge is -2.23. The van der Waals surface area contributed by atoms with Crippen LogP contribution in [0.4, 0.5) is 9.93 Å². The highest BCUT2D eigenvalue weighted by atomic mass is 32.1. The quantitative estimate of drug-likeness (QED) is 0.651. The molecule has 1 aliphatic heterocycles. The second kappa shape index (κ2) is 8.13. The van der Waals surface area contributed by atoms with Gasteiger partial charge >= 0.3 is 6.03 Å². The third-order valence-electron chi connectivity index (χ3n) is 4.53. The van der Waals surface area contributed by atoms with Crippen LogP contribution in [-0.2, 0) is 26.5 Å². The number of carbonyl (C=O) groups is 3. The molecule has 29 heavy (non-hydrogen) atoms. The first-order chi connectivity index (χ1) is 13.8. The number of ether oxygens (including phenoxy) is 2. The number of nitrogens with zero attached hydrogens (tertiary/aromatic N) is 3. The van der Waals surface area contributed by atoms with Crippen LogP contribution in [-0.4, -0.2) is 53.7 Å². The molecule has 1 aliphatic rings. The zero-order chi connectivity index (χ0) is 21.2. The van der Waals surface area contributed by atoms with E-state index in [4.69, 9.17) is 9.47 Å². The average Bonchev–Trinajstić information content (AvgIpc) is 3.20. The van der Waals surface area contributed by atoms with E-state index in [2.05, 4.69) is 20.8 Å². The van der Waals surface area contributed by atoms with Gasteiger partial charge in [0, 0.05) is 7.11 Å². The van der Waals surface area contributed by atoms with Gasteiger partial charge in [0.2, 0.25) is 11.0 Å². The Hall–Kier alpha value is -3.05. The van der Waals surface area contributed by atoms with Gasteiger partial charge in [0.25, 0.3) is 5.91 Å². The number of urea groups is 1. The molecule has 154 valence electrons. The maximum absolute atomic E-state index is 13.0. The third kappa shape index (κ3) is 4.05. The maximum atomic E-state index is 13.0. The van der Waals surface area contributed by atoms with Crippen molar-refractivity contribution in [2.75, 3.05) is 26.1 Å². The van der Waals surface area contributed by atoms with Gasteiger partial charge < -0.3 is 14.8 Å². The van der Waals surface area contributed by atoms with Crippen LogP contribution in [0, 0.1) is 6.92 Å². The number of imide groups is 1. The van der Waals surface area contributed by atoms with Crippen molar-refractivity contribution in [3.8, 4) is 5.75 Å². The van der Waals surface area contributed by atoms with Gasteiger partial charge in [-0.3, -0.25) is 19.8 Å². The highest BCUT2D eigenvalue weighted by molar-refractivity contribution is 7.15. The van der Waals surface area contributed by atoms with Gasteiger partial charge in [-0.25, -0.2) is 4.79 Å². The zero-order valence-corrected chi connectivity index (χ0v) is 17.3. The summed E-state index contributed by atoms with van der Waals surface area (Å²) in [6.07, 6.45) is 0. The first-order valence-electron chi connectivity index (χ1n) is 8.69. The molecule has 1 saturated heterocycles. The molecule has 0 bridgehead atoms. The molecule has 10 nitrogen and oxygen atoms in total. The minimum atomic E-state index is -1.28. The summed E-state index contributed by atoms with van der Waals surface area (Å²) in [5.74, 6) is -0.390. The lowest BCUT2D eigenvalue weighted by Crippen LogP contribution is -2.42. The van der Waals surface area contributed by atoms with Gasteiger partial charge in [0.1, 0.15) is 29.4 Å². The van der Waals surface area contributed by atoms with E-state index in [1.54, 1.807) is 32.2 Å². The lowest BCUT2D eigenvalue weighted by molar-refractivity contribution is -0.133. The van der Waals surface area contributed by atoms with E-state index < -0.39 is 29.9 Å². The van der Waals surface area contributed by atoms with Crippen LogP contribution in [0.5, 0.6) is 5.75 Å². The highest BCUT2D eigenvalue weighted by Crippen LogP contribution is 2.31. The standard InChI is InChI=1S/C18H21N5O5S/c1-10-7-11(5-6-12(10)28-4)18(2)15(25)23(17(26)20-18)8-13(24)19-16-22-21-14(29-16)9-27-3/h5-7H,8-9H2,1-4H3,(H,20,26)(H,19,22,24). The molecule has 2 heterocycles. The molecule has 3 rings (SSSR count). The van der Waals surface area contributed by atoms with Crippen LogP contribution in [0.15, 0.2) is 18.2 Å². The summed E-state index contributed by atoms with van der Waals surface area (Å²) >= 11 is 1.15. The molecule has 0 spiro atoms. The molecule has 0 aliphatic carbocycles. The first-order valence-corrected chi connectivity index (χ1v) is 9.50. The highest BCUT2D eigenvalue weighted by Gasteiger charge is 2.49. The van der Waals surface area contributed by atoms with Crippen molar-refractivity contribution in [3.63, 3.8) is 0 Å². The minimum Gasteiger partial charge on any atom is -0.496 e. The molecule has 1 aromatic heterocycles. The Kier molecular flexibility index (Phi) is 5.80. The third-order valence-corrected chi connectivity index (χ3v) is 5.34. The van der Waals surface area contributed by atoms with Gasteiger partial charge in [-0.2, -0.15) is 0 Å². The van der Waals surface area contributed by atoms with Gasteiger partial charge in [-0.15, -0.1) is 10.2 Å². The molecule has 2 N–H and O–H groups in total. The summed E-state index contributed by atoms with van der Waals surface area (Å²) in [7, 11) is 3.08. The van der Waals surface area contributed by atoms with Crippen LogP contribution in [0.1, 0.15) is 23.1 Å². The number of methoxy groups -OCH3 is 2. The van der Waals surface area contributed by atoms with E-state index in [-0.39, 0.29) is 11.7 Å². The monoisotopic (exact) mass is 419 g/mol. The number of benzene rings is 1. The molecular weight excluding hydrogens is 398 g/mol.